The van der Waals surface area contributed by atoms with E-state index in [-0.39, 0.29) is 17.0 Å². The molecule has 7 heteroatoms. The quantitative estimate of drug-likeness (QED) is 0.833. The van der Waals surface area contributed by atoms with Gasteiger partial charge in [-0.2, -0.15) is 13.8 Å². The largest absolute Gasteiger partial charge is 0.507 e. The van der Waals surface area contributed by atoms with Crippen LogP contribution in [0.3, 0.4) is 0 Å². The van der Waals surface area contributed by atoms with E-state index in [2.05, 4.69) is 26.2 Å². The second-order valence-electron chi connectivity index (χ2n) is 3.59. The van der Waals surface area contributed by atoms with Crippen LogP contribution in [0.1, 0.15) is 10.4 Å². The van der Waals surface area contributed by atoms with Crippen molar-refractivity contribution in [2.75, 3.05) is 5.32 Å². The molecular weight excluding hydrogens is 322 g/mol. The standard InChI is InChI=1S/C12H7BrF2N2O2/c13-6-1-2-7(9(18)5-6)12(19)16-8-3-4-10(14)17-11(8)15/h1-5,18H,(H,16,19). The predicted molar refractivity (Wildman–Crippen MR) is 67.9 cm³/mol. The molecule has 0 radical (unpaired) electrons. The maximum Gasteiger partial charge on any atom is 0.259 e. The topological polar surface area (TPSA) is 62.2 Å². The highest BCUT2D eigenvalue weighted by atomic mass is 79.9. The predicted octanol–water partition coefficient (Wildman–Crippen LogP) is 3.08. The van der Waals surface area contributed by atoms with Crippen LogP contribution in [-0.4, -0.2) is 16.0 Å². The number of benzene rings is 1. The number of anilines is 1. The third kappa shape index (κ3) is 3.05. The maximum absolute atomic E-state index is 13.3. The van der Waals surface area contributed by atoms with Crippen molar-refractivity contribution in [2.24, 2.45) is 0 Å². The Bertz CT molecular complexity index is 650. The van der Waals surface area contributed by atoms with Gasteiger partial charge in [0.05, 0.1) is 11.3 Å². The number of hydrogen-bond donors (Lipinski definition) is 2. The van der Waals surface area contributed by atoms with Crippen molar-refractivity contribution >= 4 is 27.5 Å². The molecule has 0 aliphatic carbocycles. The molecule has 2 N–H and O–H groups in total. The van der Waals surface area contributed by atoms with Crippen LogP contribution in [-0.2, 0) is 0 Å². The van der Waals surface area contributed by atoms with Crippen molar-refractivity contribution in [3.63, 3.8) is 0 Å². The molecule has 0 spiro atoms. The molecule has 1 heterocycles. The Labute approximate surface area is 115 Å². The zero-order valence-corrected chi connectivity index (χ0v) is 10.9. The Morgan fingerprint density at radius 1 is 1.26 bits per heavy atom. The fourth-order valence-electron chi connectivity index (χ4n) is 1.39. The van der Waals surface area contributed by atoms with Crippen LogP contribution >= 0.6 is 15.9 Å². The minimum Gasteiger partial charge on any atom is -0.507 e. The van der Waals surface area contributed by atoms with Gasteiger partial charge in [-0.3, -0.25) is 4.79 Å². The Morgan fingerprint density at radius 3 is 2.63 bits per heavy atom. The number of halogens is 3. The Hall–Kier alpha value is -2.02. The summed E-state index contributed by atoms with van der Waals surface area (Å²) < 4.78 is 26.5. The number of nitrogens with one attached hydrogen (secondary N) is 1. The van der Waals surface area contributed by atoms with Gasteiger partial charge in [-0.25, -0.2) is 0 Å². The number of hydrogen-bond acceptors (Lipinski definition) is 3. The van der Waals surface area contributed by atoms with Crippen LogP contribution in [0, 0.1) is 11.9 Å². The molecular formula is C12H7BrF2N2O2. The highest BCUT2D eigenvalue weighted by molar-refractivity contribution is 9.10. The van der Waals surface area contributed by atoms with Crippen LogP contribution < -0.4 is 5.32 Å². The summed E-state index contributed by atoms with van der Waals surface area (Å²) >= 11 is 3.13. The van der Waals surface area contributed by atoms with Gasteiger partial charge in [-0.05, 0) is 30.3 Å². The summed E-state index contributed by atoms with van der Waals surface area (Å²) in [4.78, 5) is 14.7. The minimum atomic E-state index is -1.13. The number of phenols is 1. The molecule has 0 atom stereocenters. The minimum absolute atomic E-state index is 0.0353. The van der Waals surface area contributed by atoms with Gasteiger partial charge < -0.3 is 10.4 Å². The van der Waals surface area contributed by atoms with Gasteiger partial charge in [0.1, 0.15) is 5.75 Å². The van der Waals surface area contributed by atoms with E-state index in [0.29, 0.717) is 4.47 Å². The van der Waals surface area contributed by atoms with Crippen molar-refractivity contribution < 1.29 is 18.7 Å². The van der Waals surface area contributed by atoms with Gasteiger partial charge in [0.2, 0.25) is 11.9 Å². The molecule has 0 bridgehead atoms. The van der Waals surface area contributed by atoms with Crippen LogP contribution in [0.4, 0.5) is 14.5 Å². The summed E-state index contributed by atoms with van der Waals surface area (Å²) in [5.74, 6) is -3.10. The molecule has 2 aromatic rings. The zero-order chi connectivity index (χ0) is 14.0. The molecule has 1 amide bonds. The molecule has 98 valence electrons. The Kier molecular flexibility index (Phi) is 3.75. The van der Waals surface area contributed by atoms with Gasteiger partial charge in [0.15, 0.2) is 0 Å². The molecule has 1 aromatic heterocycles. The molecule has 0 aliphatic heterocycles. The molecule has 0 unspecified atom stereocenters. The lowest BCUT2D eigenvalue weighted by atomic mass is 10.2. The fourth-order valence-corrected chi connectivity index (χ4v) is 1.74. The van der Waals surface area contributed by atoms with Gasteiger partial charge in [-0.1, -0.05) is 15.9 Å². The summed E-state index contributed by atoms with van der Waals surface area (Å²) in [6.07, 6.45) is 0. The highest BCUT2D eigenvalue weighted by Gasteiger charge is 2.14. The normalized spacial score (nSPS) is 10.3. The van der Waals surface area contributed by atoms with Crippen molar-refractivity contribution in [1.82, 2.24) is 4.98 Å². The average Bonchev–Trinajstić information content (AvgIpc) is 2.32. The fraction of sp³-hybridized carbons (Fsp3) is 0. The molecule has 19 heavy (non-hydrogen) atoms. The van der Waals surface area contributed by atoms with Gasteiger partial charge >= 0.3 is 0 Å². The lowest BCUT2D eigenvalue weighted by Crippen LogP contribution is -2.14. The van der Waals surface area contributed by atoms with E-state index < -0.39 is 17.8 Å². The first-order valence-corrected chi connectivity index (χ1v) is 5.88. The Morgan fingerprint density at radius 2 is 2.00 bits per heavy atom. The molecule has 0 saturated heterocycles. The summed E-state index contributed by atoms with van der Waals surface area (Å²) in [5, 5.41) is 11.8. The molecule has 4 nitrogen and oxygen atoms in total. The number of aromatic nitrogens is 1. The van der Waals surface area contributed by atoms with Gasteiger partial charge in [0, 0.05) is 4.47 Å². The summed E-state index contributed by atoms with van der Waals surface area (Å²) in [6, 6.07) is 6.21. The van der Waals surface area contributed by atoms with E-state index in [1.165, 1.54) is 12.1 Å². The molecule has 2 rings (SSSR count). The number of phenolic OH excluding ortho intramolecular Hbond substituents is 1. The van der Waals surface area contributed by atoms with E-state index in [9.17, 15) is 18.7 Å². The number of amides is 1. The number of pyridine rings is 1. The lowest BCUT2D eigenvalue weighted by molar-refractivity contribution is 0.102. The van der Waals surface area contributed by atoms with Crippen molar-refractivity contribution in [3.8, 4) is 5.75 Å². The van der Waals surface area contributed by atoms with Crippen molar-refractivity contribution in [2.45, 2.75) is 0 Å². The summed E-state index contributed by atoms with van der Waals surface area (Å²) in [6.45, 7) is 0. The molecule has 1 aromatic carbocycles. The summed E-state index contributed by atoms with van der Waals surface area (Å²) in [5.41, 5.74) is -0.305. The number of rotatable bonds is 2. The van der Waals surface area contributed by atoms with Gasteiger partial charge in [0.25, 0.3) is 5.91 Å². The van der Waals surface area contributed by atoms with E-state index in [1.54, 1.807) is 6.07 Å². The third-order valence-electron chi connectivity index (χ3n) is 2.27. The molecule has 0 fully saturated rings. The first-order chi connectivity index (χ1) is 8.97. The lowest BCUT2D eigenvalue weighted by Gasteiger charge is -2.07. The number of carbonyl (C=O) groups is 1. The monoisotopic (exact) mass is 328 g/mol. The SMILES string of the molecule is O=C(Nc1ccc(F)nc1F)c1ccc(Br)cc1O. The summed E-state index contributed by atoms with van der Waals surface area (Å²) in [7, 11) is 0. The first-order valence-electron chi connectivity index (χ1n) is 5.09. The van der Waals surface area contributed by atoms with E-state index >= 15 is 0 Å². The van der Waals surface area contributed by atoms with E-state index in [0.717, 1.165) is 12.1 Å². The molecule has 0 saturated carbocycles. The number of nitrogens with zero attached hydrogens (tertiary/aromatic N) is 1. The zero-order valence-electron chi connectivity index (χ0n) is 9.32. The Balaban J connectivity index is 2.25. The second-order valence-corrected chi connectivity index (χ2v) is 4.50. The van der Waals surface area contributed by atoms with Crippen molar-refractivity contribution in [3.05, 3.63) is 52.3 Å². The van der Waals surface area contributed by atoms with E-state index in [1.807, 2.05) is 0 Å². The average molecular weight is 329 g/mol. The van der Waals surface area contributed by atoms with Crippen molar-refractivity contribution in [1.29, 1.82) is 0 Å². The van der Waals surface area contributed by atoms with Gasteiger partial charge in [-0.15, -0.1) is 0 Å². The smallest absolute Gasteiger partial charge is 0.259 e. The second kappa shape index (κ2) is 5.31. The first kappa shape index (κ1) is 13.4. The van der Waals surface area contributed by atoms with Crippen LogP contribution in [0.15, 0.2) is 34.8 Å². The van der Waals surface area contributed by atoms with Crippen LogP contribution in [0.5, 0.6) is 5.75 Å². The number of aromatic hydroxyl groups is 1. The highest BCUT2D eigenvalue weighted by Crippen LogP contribution is 2.23. The van der Waals surface area contributed by atoms with E-state index in [4.69, 9.17) is 0 Å². The van der Waals surface area contributed by atoms with Crippen LogP contribution in [0.25, 0.3) is 0 Å². The molecule has 0 aliphatic rings. The number of carbonyl (C=O) groups excluding carboxylic acids is 1. The third-order valence-corrected chi connectivity index (χ3v) is 2.76. The van der Waals surface area contributed by atoms with Crippen LogP contribution in [0.2, 0.25) is 0 Å². The maximum atomic E-state index is 13.3.